The zero-order valence-corrected chi connectivity index (χ0v) is 4.29. The smallest absolute Gasteiger partial charge is 0.378 e. The molecule has 0 aromatic rings. The van der Waals surface area contributed by atoms with E-state index in [2.05, 4.69) is 23.4 Å². The normalized spacial score (nSPS) is 8.62. The molecule has 2 radical (unpaired) electrons. The van der Waals surface area contributed by atoms with Gasteiger partial charge in [-0.25, -0.2) is 5.90 Å². The second kappa shape index (κ2) is 4.61. The van der Waals surface area contributed by atoms with E-state index in [1.807, 2.05) is 0 Å². The molecule has 0 fully saturated rings. The van der Waals surface area contributed by atoms with Gasteiger partial charge in [0.15, 0.2) is 0 Å². The molecule has 0 heterocycles. The topological polar surface area (TPSA) is 61.5 Å². The molecule has 2 N–H and O–H groups in total. The molecule has 8 heavy (non-hydrogen) atoms. The van der Waals surface area contributed by atoms with Gasteiger partial charge < -0.3 is 9.49 Å². The minimum atomic E-state index is -0.532. The van der Waals surface area contributed by atoms with Crippen LogP contribution in [0.3, 0.4) is 0 Å². The van der Waals surface area contributed by atoms with Crippen molar-refractivity contribution in [3.05, 3.63) is 0 Å². The highest BCUT2D eigenvalue weighted by atomic mass is 16.6. The fourth-order valence-electron chi connectivity index (χ4n) is 0.201. The Morgan fingerprint density at radius 3 is 2.75 bits per heavy atom. The first kappa shape index (κ1) is 7.45. The maximum atomic E-state index is 10.1. The second-order valence-corrected chi connectivity index (χ2v) is 1.11. The van der Waals surface area contributed by atoms with Crippen LogP contribution in [0, 0.1) is 0 Å². The van der Waals surface area contributed by atoms with Crippen LogP contribution in [0.15, 0.2) is 0 Å². The molecule has 0 aromatic carbocycles. The maximum Gasteiger partial charge on any atom is 0.378 e. The fraction of sp³-hybridized carbons (Fsp3) is 0.667. The van der Waals surface area contributed by atoms with E-state index in [9.17, 15) is 4.79 Å². The number of rotatable bonds is 3. The lowest BCUT2D eigenvalue weighted by atomic mass is 10.4. The van der Waals surface area contributed by atoms with Gasteiger partial charge in [-0.15, -0.1) is 0 Å². The molecule has 4 nitrogen and oxygen atoms in total. The number of carbonyl (C=O) groups is 1. The molecular weight excluding hydrogens is 109 g/mol. The summed E-state index contributed by atoms with van der Waals surface area (Å²) in [7, 11) is 4.47. The zero-order chi connectivity index (χ0) is 6.41. The Labute approximate surface area is 48.3 Å². The van der Waals surface area contributed by atoms with Crippen molar-refractivity contribution in [3.8, 4) is 0 Å². The van der Waals surface area contributed by atoms with Crippen LogP contribution in [0.2, 0.25) is 0 Å². The summed E-state index contributed by atoms with van der Waals surface area (Å²) in [5, 5.41) is 0. The summed E-state index contributed by atoms with van der Waals surface area (Å²) in [6, 6.07) is 0. The Balaban J connectivity index is 2.99. The standard InChI is InChI=1S/C3H6BNO3/c4-8-3(6)1-2-7-5/h1-2,5H2. The number of carbonyl (C=O) groups excluding carboxylic acids is 1. The van der Waals surface area contributed by atoms with E-state index in [0.717, 1.165) is 0 Å². The van der Waals surface area contributed by atoms with Crippen molar-refractivity contribution in [3.63, 3.8) is 0 Å². The van der Waals surface area contributed by atoms with Crippen LogP contribution in [0.4, 0.5) is 0 Å². The van der Waals surface area contributed by atoms with E-state index in [-0.39, 0.29) is 13.0 Å². The molecule has 0 unspecified atom stereocenters. The number of nitrogens with two attached hydrogens (primary N) is 1. The quantitative estimate of drug-likeness (QED) is 0.374. The van der Waals surface area contributed by atoms with Gasteiger partial charge in [0, 0.05) is 0 Å². The van der Waals surface area contributed by atoms with Crippen molar-refractivity contribution in [2.24, 2.45) is 5.90 Å². The first-order chi connectivity index (χ1) is 3.81. The molecule has 0 amide bonds. The summed E-state index contributed by atoms with van der Waals surface area (Å²) in [4.78, 5) is 14.1. The lowest BCUT2D eigenvalue weighted by Crippen LogP contribution is -2.08. The molecule has 0 atom stereocenters. The van der Waals surface area contributed by atoms with Crippen molar-refractivity contribution < 1.29 is 14.3 Å². The van der Waals surface area contributed by atoms with Gasteiger partial charge in [-0.2, -0.15) is 0 Å². The summed E-state index contributed by atoms with van der Waals surface area (Å²) < 4.78 is 3.78. The maximum absolute atomic E-state index is 10.1. The van der Waals surface area contributed by atoms with E-state index in [1.165, 1.54) is 0 Å². The van der Waals surface area contributed by atoms with E-state index < -0.39 is 5.97 Å². The van der Waals surface area contributed by atoms with Gasteiger partial charge in [-0.1, -0.05) is 0 Å². The molecule has 44 valence electrons. The minimum Gasteiger partial charge on any atom is -0.543 e. The average Bonchev–Trinajstić information content (AvgIpc) is 1.83. The second-order valence-electron chi connectivity index (χ2n) is 1.11. The Morgan fingerprint density at radius 2 is 2.38 bits per heavy atom. The molecule has 0 saturated heterocycles. The van der Waals surface area contributed by atoms with Crippen molar-refractivity contribution in [1.29, 1.82) is 0 Å². The minimum absolute atomic E-state index is 0.0903. The summed E-state index contributed by atoms with van der Waals surface area (Å²) in [6.45, 7) is 0.135. The summed E-state index contributed by atoms with van der Waals surface area (Å²) >= 11 is 0. The molecule has 0 rings (SSSR count). The van der Waals surface area contributed by atoms with Gasteiger partial charge in [-0.3, -0.25) is 4.79 Å². The van der Waals surface area contributed by atoms with Gasteiger partial charge >= 0.3 is 8.05 Å². The van der Waals surface area contributed by atoms with Crippen molar-refractivity contribution in [1.82, 2.24) is 0 Å². The third-order valence-electron chi connectivity index (χ3n) is 0.555. The van der Waals surface area contributed by atoms with Gasteiger partial charge in [-0.05, 0) is 0 Å². The van der Waals surface area contributed by atoms with Crippen LogP contribution in [-0.4, -0.2) is 20.6 Å². The Morgan fingerprint density at radius 1 is 1.75 bits per heavy atom. The van der Waals surface area contributed by atoms with Gasteiger partial charge in [0.25, 0.3) is 5.97 Å². The number of hydrogen-bond donors (Lipinski definition) is 1. The number of hydrogen-bond acceptors (Lipinski definition) is 4. The Hall–Kier alpha value is -0.545. The van der Waals surface area contributed by atoms with E-state index in [4.69, 9.17) is 0 Å². The lowest BCUT2D eigenvalue weighted by molar-refractivity contribution is -0.135. The zero-order valence-electron chi connectivity index (χ0n) is 4.29. The average molecular weight is 115 g/mol. The summed E-state index contributed by atoms with van der Waals surface area (Å²) in [6.07, 6.45) is 0.0903. The van der Waals surface area contributed by atoms with Crippen molar-refractivity contribution in [2.45, 2.75) is 6.42 Å². The van der Waals surface area contributed by atoms with E-state index in [0.29, 0.717) is 0 Å². The molecule has 0 saturated carbocycles. The first-order valence-electron chi connectivity index (χ1n) is 2.02. The van der Waals surface area contributed by atoms with Gasteiger partial charge in [0.05, 0.1) is 13.0 Å². The van der Waals surface area contributed by atoms with Crippen LogP contribution in [0.1, 0.15) is 6.42 Å². The van der Waals surface area contributed by atoms with Crippen LogP contribution in [-0.2, 0) is 14.3 Å². The van der Waals surface area contributed by atoms with Crippen LogP contribution in [0.5, 0.6) is 0 Å². The highest BCUT2D eigenvalue weighted by Crippen LogP contribution is 1.80. The van der Waals surface area contributed by atoms with Crippen LogP contribution < -0.4 is 5.90 Å². The Kier molecular flexibility index (Phi) is 4.30. The molecule has 0 aromatic heterocycles. The predicted octanol–water partition coefficient (Wildman–Crippen LogP) is -1.11. The fourth-order valence-corrected chi connectivity index (χ4v) is 0.201. The summed E-state index contributed by atoms with van der Waals surface area (Å²) in [5.41, 5.74) is 0. The SMILES string of the molecule is [B]OC(=O)CCON. The third-order valence-corrected chi connectivity index (χ3v) is 0.555. The highest BCUT2D eigenvalue weighted by Gasteiger charge is 1.95. The molecule has 0 bridgehead atoms. The monoisotopic (exact) mass is 115 g/mol. The highest BCUT2D eigenvalue weighted by molar-refractivity contribution is 6.05. The van der Waals surface area contributed by atoms with Gasteiger partial charge in [0.2, 0.25) is 0 Å². The lowest BCUT2D eigenvalue weighted by Gasteiger charge is -1.95. The van der Waals surface area contributed by atoms with Crippen molar-refractivity contribution in [2.75, 3.05) is 6.61 Å². The first-order valence-corrected chi connectivity index (χ1v) is 2.02. The Bertz CT molecular complexity index is 76.9. The largest absolute Gasteiger partial charge is 0.543 e. The molecule has 0 spiro atoms. The van der Waals surface area contributed by atoms with Crippen molar-refractivity contribution >= 4 is 14.0 Å². The molecule has 0 aliphatic heterocycles. The third kappa shape index (κ3) is 3.64. The van der Waals surface area contributed by atoms with Crippen LogP contribution in [0.25, 0.3) is 0 Å². The van der Waals surface area contributed by atoms with E-state index in [1.54, 1.807) is 0 Å². The van der Waals surface area contributed by atoms with Crippen LogP contribution >= 0.6 is 0 Å². The molecule has 0 aliphatic carbocycles. The predicted molar refractivity (Wildman–Crippen MR) is 26.6 cm³/mol. The summed E-state index contributed by atoms with van der Waals surface area (Å²) in [5.74, 6) is 4.05. The molecule has 5 heteroatoms. The molecular formula is C3H6BNO3. The van der Waals surface area contributed by atoms with Gasteiger partial charge in [0.1, 0.15) is 0 Å². The molecule has 0 aliphatic rings. The van der Waals surface area contributed by atoms with E-state index >= 15 is 0 Å².